The Balaban J connectivity index is 2.05. The largest absolute Gasteiger partial charge is 0.336 e. The molecule has 1 amide bonds. The molecule has 1 aromatic carbocycles. The van der Waals surface area contributed by atoms with Gasteiger partial charge in [0.15, 0.2) is 0 Å². The number of amides is 1. The van der Waals surface area contributed by atoms with Crippen LogP contribution in [0.25, 0.3) is 10.9 Å². The first-order valence-electron chi connectivity index (χ1n) is 7.32. The molecule has 2 N–H and O–H groups in total. The summed E-state index contributed by atoms with van der Waals surface area (Å²) in [6, 6.07) is 5.73. The first kappa shape index (κ1) is 14.7. The molecule has 1 aliphatic rings. The Morgan fingerprint density at radius 2 is 1.91 bits per heavy atom. The van der Waals surface area contributed by atoms with E-state index in [0.29, 0.717) is 29.6 Å². The molecule has 5 nitrogen and oxygen atoms in total. The Bertz CT molecular complexity index is 777. The summed E-state index contributed by atoms with van der Waals surface area (Å²) >= 11 is 0. The SMILES string of the molecule is C[C@@H]1CN(C(=O)c2cc(=O)[nH]c3cc(F)ccc23)C[C@H](C)N1. The predicted octanol–water partition coefficient (Wildman–Crippen LogP) is 1.49. The number of aromatic amines is 1. The van der Waals surface area contributed by atoms with Crippen LogP contribution in [0, 0.1) is 5.82 Å². The lowest BCUT2D eigenvalue weighted by Crippen LogP contribution is -2.55. The maximum atomic E-state index is 13.3. The average Bonchev–Trinajstić information content (AvgIpc) is 2.44. The summed E-state index contributed by atoms with van der Waals surface area (Å²) in [5, 5.41) is 3.92. The summed E-state index contributed by atoms with van der Waals surface area (Å²) < 4.78 is 13.3. The molecule has 1 aromatic heterocycles. The normalized spacial score (nSPS) is 22.0. The van der Waals surface area contributed by atoms with Crippen molar-refractivity contribution in [2.24, 2.45) is 0 Å². The quantitative estimate of drug-likeness (QED) is 0.839. The van der Waals surface area contributed by atoms with Gasteiger partial charge in [-0.15, -0.1) is 0 Å². The Hall–Kier alpha value is -2.21. The van der Waals surface area contributed by atoms with Gasteiger partial charge in [0.2, 0.25) is 5.56 Å². The highest BCUT2D eigenvalue weighted by Gasteiger charge is 2.26. The Morgan fingerprint density at radius 1 is 1.23 bits per heavy atom. The number of nitrogens with zero attached hydrogens (tertiary/aromatic N) is 1. The van der Waals surface area contributed by atoms with Crippen LogP contribution in [0.1, 0.15) is 24.2 Å². The van der Waals surface area contributed by atoms with Crippen molar-refractivity contribution < 1.29 is 9.18 Å². The number of piperazine rings is 1. The molecule has 1 fully saturated rings. The fraction of sp³-hybridized carbons (Fsp3) is 0.375. The number of H-pyrrole nitrogens is 1. The topological polar surface area (TPSA) is 65.2 Å². The summed E-state index contributed by atoms with van der Waals surface area (Å²) in [6.45, 7) is 5.19. The first-order valence-corrected chi connectivity index (χ1v) is 7.32. The van der Waals surface area contributed by atoms with Crippen molar-refractivity contribution in [3.8, 4) is 0 Å². The Morgan fingerprint density at radius 3 is 2.59 bits per heavy atom. The summed E-state index contributed by atoms with van der Waals surface area (Å²) in [7, 11) is 0. The monoisotopic (exact) mass is 303 g/mol. The van der Waals surface area contributed by atoms with E-state index in [9.17, 15) is 14.0 Å². The minimum atomic E-state index is -0.447. The Kier molecular flexibility index (Phi) is 3.70. The van der Waals surface area contributed by atoms with Crippen molar-refractivity contribution in [1.29, 1.82) is 0 Å². The van der Waals surface area contributed by atoms with Gasteiger partial charge in [-0.25, -0.2) is 4.39 Å². The number of hydrogen-bond donors (Lipinski definition) is 2. The zero-order chi connectivity index (χ0) is 15.9. The van der Waals surface area contributed by atoms with Gasteiger partial charge in [0.1, 0.15) is 5.82 Å². The molecule has 0 bridgehead atoms. The first-order chi connectivity index (χ1) is 10.4. The molecule has 0 aliphatic carbocycles. The van der Waals surface area contributed by atoms with Gasteiger partial charge >= 0.3 is 0 Å². The molecule has 2 atom stereocenters. The second-order valence-electron chi connectivity index (χ2n) is 5.92. The van der Waals surface area contributed by atoms with Gasteiger partial charge in [0.05, 0.1) is 11.1 Å². The molecule has 1 aliphatic heterocycles. The third-order valence-corrected chi connectivity index (χ3v) is 3.88. The van der Waals surface area contributed by atoms with Crippen LogP contribution in [0.2, 0.25) is 0 Å². The van der Waals surface area contributed by atoms with Crippen molar-refractivity contribution >= 4 is 16.8 Å². The zero-order valence-electron chi connectivity index (χ0n) is 12.5. The summed E-state index contributed by atoms with van der Waals surface area (Å²) in [5.41, 5.74) is 0.254. The number of carbonyl (C=O) groups excluding carboxylic acids is 1. The second-order valence-corrected chi connectivity index (χ2v) is 5.92. The van der Waals surface area contributed by atoms with Crippen LogP contribution in [0.4, 0.5) is 4.39 Å². The van der Waals surface area contributed by atoms with Crippen molar-refractivity contribution in [1.82, 2.24) is 15.2 Å². The van der Waals surface area contributed by atoms with Gasteiger partial charge < -0.3 is 15.2 Å². The molecule has 3 rings (SSSR count). The lowest BCUT2D eigenvalue weighted by atomic mass is 10.1. The van der Waals surface area contributed by atoms with E-state index >= 15 is 0 Å². The Labute approximate surface area is 127 Å². The van der Waals surface area contributed by atoms with Gasteiger partial charge in [0.25, 0.3) is 5.91 Å². The number of nitrogens with one attached hydrogen (secondary N) is 2. The van der Waals surface area contributed by atoms with E-state index in [1.54, 1.807) is 4.90 Å². The molecule has 1 saturated heterocycles. The average molecular weight is 303 g/mol. The van der Waals surface area contributed by atoms with Crippen LogP contribution in [-0.2, 0) is 0 Å². The van der Waals surface area contributed by atoms with Crippen molar-refractivity contribution in [2.45, 2.75) is 25.9 Å². The fourth-order valence-corrected chi connectivity index (χ4v) is 3.07. The van der Waals surface area contributed by atoms with Crippen LogP contribution < -0.4 is 10.9 Å². The second kappa shape index (κ2) is 5.53. The molecule has 0 saturated carbocycles. The summed E-state index contributed by atoms with van der Waals surface area (Å²) in [4.78, 5) is 28.9. The highest BCUT2D eigenvalue weighted by atomic mass is 19.1. The molecule has 0 radical (unpaired) electrons. The molecule has 116 valence electrons. The van der Waals surface area contributed by atoms with E-state index < -0.39 is 11.4 Å². The number of carbonyl (C=O) groups is 1. The minimum Gasteiger partial charge on any atom is -0.336 e. The number of fused-ring (bicyclic) bond motifs is 1. The number of halogens is 1. The number of aromatic nitrogens is 1. The molecule has 0 spiro atoms. The molecule has 2 aromatic rings. The molecule has 0 unspecified atom stereocenters. The smallest absolute Gasteiger partial charge is 0.254 e. The van der Waals surface area contributed by atoms with Crippen LogP contribution >= 0.6 is 0 Å². The van der Waals surface area contributed by atoms with E-state index in [1.807, 2.05) is 13.8 Å². The van der Waals surface area contributed by atoms with E-state index in [4.69, 9.17) is 0 Å². The standard InChI is InChI=1S/C16H18FN3O2/c1-9-7-20(8-10(2)18-9)16(22)13-6-15(21)19-14-5-11(17)3-4-12(13)14/h3-6,9-10,18H,7-8H2,1-2H3,(H,19,21)/t9-,10+. The van der Waals surface area contributed by atoms with Crippen molar-refractivity contribution in [3.05, 3.63) is 46.0 Å². The van der Waals surface area contributed by atoms with Crippen molar-refractivity contribution in [3.63, 3.8) is 0 Å². The van der Waals surface area contributed by atoms with Gasteiger partial charge in [-0.3, -0.25) is 9.59 Å². The number of rotatable bonds is 1. The van der Waals surface area contributed by atoms with Crippen LogP contribution in [-0.4, -0.2) is 41.0 Å². The van der Waals surface area contributed by atoms with Crippen LogP contribution in [0.15, 0.2) is 29.1 Å². The van der Waals surface area contributed by atoms with Gasteiger partial charge in [-0.2, -0.15) is 0 Å². The maximum Gasteiger partial charge on any atom is 0.254 e. The van der Waals surface area contributed by atoms with E-state index in [2.05, 4.69) is 10.3 Å². The highest BCUT2D eigenvalue weighted by Crippen LogP contribution is 2.19. The molecule has 22 heavy (non-hydrogen) atoms. The predicted molar refractivity (Wildman–Crippen MR) is 82.5 cm³/mol. The van der Waals surface area contributed by atoms with E-state index in [-0.39, 0.29) is 18.0 Å². The molecular formula is C16H18FN3O2. The van der Waals surface area contributed by atoms with Gasteiger partial charge in [-0.05, 0) is 32.0 Å². The number of pyridine rings is 1. The third kappa shape index (κ3) is 2.74. The minimum absolute atomic E-state index is 0.192. The number of benzene rings is 1. The molecule has 2 heterocycles. The van der Waals surface area contributed by atoms with Gasteiger partial charge in [-0.1, -0.05) is 0 Å². The highest BCUT2D eigenvalue weighted by molar-refractivity contribution is 6.06. The number of hydrogen-bond acceptors (Lipinski definition) is 3. The molecule has 6 heteroatoms. The third-order valence-electron chi connectivity index (χ3n) is 3.88. The summed E-state index contributed by atoms with van der Waals surface area (Å²) in [6.07, 6.45) is 0. The van der Waals surface area contributed by atoms with Crippen LogP contribution in [0.3, 0.4) is 0 Å². The lowest BCUT2D eigenvalue weighted by molar-refractivity contribution is 0.0675. The molecular weight excluding hydrogens is 285 g/mol. The zero-order valence-corrected chi connectivity index (χ0v) is 12.5. The summed E-state index contributed by atoms with van der Waals surface area (Å²) in [5.74, 6) is -0.639. The lowest BCUT2D eigenvalue weighted by Gasteiger charge is -2.36. The van der Waals surface area contributed by atoms with Crippen LogP contribution in [0.5, 0.6) is 0 Å². The fourth-order valence-electron chi connectivity index (χ4n) is 3.07. The maximum absolute atomic E-state index is 13.3. The van der Waals surface area contributed by atoms with Crippen molar-refractivity contribution in [2.75, 3.05) is 13.1 Å². The van der Waals surface area contributed by atoms with Gasteiger partial charge in [0, 0.05) is 36.6 Å². The van der Waals surface area contributed by atoms with E-state index in [1.165, 1.54) is 24.3 Å². The van der Waals surface area contributed by atoms with E-state index in [0.717, 1.165) is 0 Å².